The molecular formula is C18H22N4O. The Balaban J connectivity index is 2.02. The smallest absolute Gasteiger partial charge is 0.169 e. The van der Waals surface area contributed by atoms with E-state index < -0.39 is 0 Å². The van der Waals surface area contributed by atoms with Crippen LogP contribution in [0.25, 0.3) is 21.3 Å². The van der Waals surface area contributed by atoms with Gasteiger partial charge >= 0.3 is 0 Å². The van der Waals surface area contributed by atoms with Crippen molar-refractivity contribution in [2.45, 2.75) is 34.2 Å². The van der Waals surface area contributed by atoms with Gasteiger partial charge in [0, 0.05) is 46.6 Å². The first kappa shape index (κ1) is 15.6. The van der Waals surface area contributed by atoms with Crippen molar-refractivity contribution in [2.24, 2.45) is 21.9 Å². The van der Waals surface area contributed by atoms with E-state index in [0.29, 0.717) is 13.1 Å². The molecule has 23 heavy (non-hydrogen) atoms. The number of azide groups is 1. The highest BCUT2D eigenvalue weighted by Crippen LogP contribution is 2.69. The molecule has 0 radical (unpaired) electrons. The molecule has 1 aromatic heterocycles. The lowest BCUT2D eigenvalue weighted by molar-refractivity contribution is 0.0946. The van der Waals surface area contributed by atoms with Gasteiger partial charge in [-0.15, -0.1) is 0 Å². The SMILES string of the molecule is CC1(C)C(C(=O)c2cn(CCN=[N+]=[N-])c3ccccc23)C1(C)C. The number of hydrogen-bond acceptors (Lipinski definition) is 2. The van der Waals surface area contributed by atoms with Crippen molar-refractivity contribution < 1.29 is 4.79 Å². The number of nitrogens with zero attached hydrogens (tertiary/aromatic N) is 4. The monoisotopic (exact) mass is 310 g/mol. The van der Waals surface area contributed by atoms with E-state index >= 15 is 0 Å². The van der Waals surface area contributed by atoms with E-state index in [-0.39, 0.29) is 22.5 Å². The molecule has 0 aliphatic heterocycles. The normalized spacial score (nSPS) is 18.6. The van der Waals surface area contributed by atoms with Crippen molar-refractivity contribution in [1.29, 1.82) is 0 Å². The second-order valence-electron chi connectivity index (χ2n) is 7.45. The molecule has 1 aliphatic carbocycles. The van der Waals surface area contributed by atoms with Gasteiger partial charge in [0.1, 0.15) is 0 Å². The number of rotatable bonds is 5. The van der Waals surface area contributed by atoms with Crippen molar-refractivity contribution in [3.8, 4) is 0 Å². The van der Waals surface area contributed by atoms with Gasteiger partial charge in [-0.1, -0.05) is 51.0 Å². The van der Waals surface area contributed by atoms with Gasteiger partial charge in [0.25, 0.3) is 0 Å². The highest BCUT2D eigenvalue weighted by molar-refractivity contribution is 6.11. The Morgan fingerprint density at radius 3 is 2.52 bits per heavy atom. The van der Waals surface area contributed by atoms with Crippen LogP contribution in [-0.4, -0.2) is 16.9 Å². The summed E-state index contributed by atoms with van der Waals surface area (Å²) in [5.74, 6) is 0.269. The summed E-state index contributed by atoms with van der Waals surface area (Å²) < 4.78 is 2.01. The van der Waals surface area contributed by atoms with Crippen molar-refractivity contribution in [1.82, 2.24) is 4.57 Å². The first-order valence-electron chi connectivity index (χ1n) is 7.95. The van der Waals surface area contributed by atoms with Gasteiger partial charge in [-0.3, -0.25) is 4.79 Å². The maximum Gasteiger partial charge on any atom is 0.169 e. The number of Topliss-reactive ketones (excluding diaryl/α,β-unsaturated/α-hetero) is 1. The molecule has 1 aliphatic rings. The fraction of sp³-hybridized carbons (Fsp3) is 0.500. The second kappa shape index (κ2) is 5.14. The summed E-state index contributed by atoms with van der Waals surface area (Å²) in [6.45, 7) is 9.61. The Hall–Kier alpha value is -2.26. The van der Waals surface area contributed by atoms with Crippen LogP contribution in [0, 0.1) is 16.7 Å². The van der Waals surface area contributed by atoms with Crippen molar-refractivity contribution in [3.63, 3.8) is 0 Å². The average molecular weight is 310 g/mol. The highest BCUT2D eigenvalue weighted by atomic mass is 16.1. The molecule has 1 heterocycles. The van der Waals surface area contributed by atoms with Crippen molar-refractivity contribution in [3.05, 3.63) is 46.5 Å². The standard InChI is InChI=1S/C18H22N4O/c1-17(2)16(18(17,3)4)15(23)13-11-22(10-9-20-21-19)14-8-6-5-7-12(13)14/h5-8,11,16H,9-10H2,1-4H3. The van der Waals surface area contributed by atoms with Gasteiger partial charge in [-0.05, 0) is 22.4 Å². The molecule has 3 rings (SSSR count). The maximum atomic E-state index is 13.1. The number of hydrogen-bond donors (Lipinski definition) is 0. The Bertz CT molecular complexity index is 811. The third-order valence-corrected chi connectivity index (χ3v) is 5.84. The molecule has 0 atom stereocenters. The number of aromatic nitrogens is 1. The minimum Gasteiger partial charge on any atom is -0.347 e. The predicted octanol–water partition coefficient (Wildman–Crippen LogP) is 4.82. The zero-order valence-electron chi connectivity index (χ0n) is 14.1. The van der Waals surface area contributed by atoms with Crippen molar-refractivity contribution >= 4 is 16.7 Å². The molecule has 5 nitrogen and oxygen atoms in total. The number of carbonyl (C=O) groups is 1. The molecule has 0 bridgehead atoms. The maximum absolute atomic E-state index is 13.1. The molecular weight excluding hydrogens is 288 g/mol. The minimum atomic E-state index is 0.0262. The van der Waals surface area contributed by atoms with E-state index in [2.05, 4.69) is 37.7 Å². The largest absolute Gasteiger partial charge is 0.347 e. The predicted molar refractivity (Wildman–Crippen MR) is 91.3 cm³/mol. The lowest BCUT2D eigenvalue weighted by Gasteiger charge is -2.03. The lowest BCUT2D eigenvalue weighted by Crippen LogP contribution is -2.07. The molecule has 1 aromatic carbocycles. The number of benzene rings is 1. The van der Waals surface area contributed by atoms with E-state index in [1.165, 1.54) is 0 Å². The van der Waals surface area contributed by atoms with E-state index in [4.69, 9.17) is 5.53 Å². The zero-order valence-corrected chi connectivity index (χ0v) is 14.1. The van der Waals surface area contributed by atoms with Crippen LogP contribution in [0.3, 0.4) is 0 Å². The Kier molecular flexibility index (Phi) is 3.49. The van der Waals surface area contributed by atoms with Gasteiger partial charge in [0.15, 0.2) is 5.78 Å². The molecule has 0 unspecified atom stereocenters. The Morgan fingerprint density at radius 2 is 1.91 bits per heavy atom. The third kappa shape index (κ3) is 2.23. The summed E-state index contributed by atoms with van der Waals surface area (Å²) in [4.78, 5) is 15.9. The van der Waals surface area contributed by atoms with Gasteiger partial charge in [0.2, 0.25) is 0 Å². The number of fused-ring (bicyclic) bond motifs is 1. The fourth-order valence-corrected chi connectivity index (χ4v) is 3.83. The molecule has 2 aromatic rings. The molecule has 5 heteroatoms. The summed E-state index contributed by atoms with van der Waals surface area (Å²) in [6.07, 6.45) is 1.92. The molecule has 0 amide bonds. The number of carbonyl (C=O) groups excluding carboxylic acids is 1. The van der Waals surface area contributed by atoms with Gasteiger partial charge < -0.3 is 4.57 Å². The van der Waals surface area contributed by atoms with Crippen LogP contribution in [0.4, 0.5) is 0 Å². The zero-order chi connectivity index (χ0) is 16.8. The van der Waals surface area contributed by atoms with Crippen LogP contribution < -0.4 is 0 Å². The summed E-state index contributed by atoms with van der Waals surface area (Å²) in [5.41, 5.74) is 10.3. The first-order valence-corrected chi connectivity index (χ1v) is 7.95. The fourth-order valence-electron chi connectivity index (χ4n) is 3.83. The molecule has 0 spiro atoms. The van der Waals surface area contributed by atoms with Crippen LogP contribution in [0.2, 0.25) is 0 Å². The van der Waals surface area contributed by atoms with Gasteiger partial charge in [0.05, 0.1) is 0 Å². The Morgan fingerprint density at radius 1 is 1.26 bits per heavy atom. The Labute approximate surface area is 135 Å². The summed E-state index contributed by atoms with van der Waals surface area (Å²) in [6, 6.07) is 7.92. The molecule has 120 valence electrons. The number of ketones is 1. The highest BCUT2D eigenvalue weighted by Gasteiger charge is 2.68. The topological polar surface area (TPSA) is 70.8 Å². The van der Waals surface area contributed by atoms with Crippen LogP contribution in [-0.2, 0) is 6.54 Å². The van der Waals surface area contributed by atoms with E-state index in [1.54, 1.807) is 0 Å². The van der Waals surface area contributed by atoms with E-state index in [9.17, 15) is 4.79 Å². The molecule has 0 N–H and O–H groups in total. The van der Waals surface area contributed by atoms with Crippen LogP contribution >= 0.6 is 0 Å². The van der Waals surface area contributed by atoms with Crippen LogP contribution in [0.5, 0.6) is 0 Å². The molecule has 0 saturated heterocycles. The first-order chi connectivity index (χ1) is 10.8. The second-order valence-corrected chi connectivity index (χ2v) is 7.45. The van der Waals surface area contributed by atoms with E-state index in [0.717, 1.165) is 16.5 Å². The summed E-state index contributed by atoms with van der Waals surface area (Å²) in [7, 11) is 0. The number of para-hydroxylation sites is 1. The summed E-state index contributed by atoms with van der Waals surface area (Å²) in [5, 5.41) is 4.58. The third-order valence-electron chi connectivity index (χ3n) is 5.84. The van der Waals surface area contributed by atoms with Gasteiger partial charge in [-0.25, -0.2) is 0 Å². The minimum absolute atomic E-state index is 0.0262. The van der Waals surface area contributed by atoms with Gasteiger partial charge in [-0.2, -0.15) is 0 Å². The average Bonchev–Trinajstić information content (AvgIpc) is 2.80. The molecule has 1 fully saturated rings. The van der Waals surface area contributed by atoms with Crippen LogP contribution in [0.15, 0.2) is 35.6 Å². The van der Waals surface area contributed by atoms with E-state index in [1.807, 2.05) is 35.0 Å². The summed E-state index contributed by atoms with van der Waals surface area (Å²) >= 11 is 0. The van der Waals surface area contributed by atoms with Crippen molar-refractivity contribution in [2.75, 3.05) is 6.54 Å². The lowest BCUT2D eigenvalue weighted by atomic mass is 10.0. The molecule has 1 saturated carbocycles. The van der Waals surface area contributed by atoms with Crippen LogP contribution in [0.1, 0.15) is 38.1 Å². The quantitative estimate of drug-likeness (QED) is 0.338.